The Labute approximate surface area is 189 Å². The van der Waals surface area contributed by atoms with Crippen molar-refractivity contribution in [2.45, 2.75) is 5.54 Å². The summed E-state index contributed by atoms with van der Waals surface area (Å²) in [6, 6.07) is 16.7. The van der Waals surface area contributed by atoms with Gasteiger partial charge in [-0.05, 0) is 29.8 Å². The van der Waals surface area contributed by atoms with Gasteiger partial charge in [0.2, 0.25) is 5.95 Å². The van der Waals surface area contributed by atoms with Crippen LogP contribution in [0, 0.1) is 11.7 Å². The summed E-state index contributed by atoms with van der Waals surface area (Å²) in [5.74, 6) is 0.671. The first-order chi connectivity index (χ1) is 15.5. The van der Waals surface area contributed by atoms with E-state index in [0.717, 1.165) is 11.3 Å². The molecule has 0 aliphatic carbocycles. The summed E-state index contributed by atoms with van der Waals surface area (Å²) in [7, 11) is 0. The third kappa shape index (κ3) is 3.80. The maximum atomic E-state index is 13.3. The average molecular weight is 449 g/mol. The average Bonchev–Trinajstić information content (AvgIpc) is 3.20. The van der Waals surface area contributed by atoms with Crippen molar-refractivity contribution in [1.82, 2.24) is 15.3 Å². The van der Waals surface area contributed by atoms with Gasteiger partial charge in [0.1, 0.15) is 5.54 Å². The number of aliphatic imine (C=N–C) groups is 1. The number of amidine groups is 1. The number of nitrogens with two attached hydrogens (primary N) is 1. The lowest BCUT2D eigenvalue weighted by atomic mass is 9.81. The fourth-order valence-corrected chi connectivity index (χ4v) is 5.39. The zero-order valence-corrected chi connectivity index (χ0v) is 17.9. The number of nitrogens with zero attached hydrogens (tertiary/aromatic N) is 4. The molecule has 3 aromatic rings. The molecule has 7 nitrogen and oxygen atoms in total. The summed E-state index contributed by atoms with van der Waals surface area (Å²) in [5, 5.41) is 3.53. The van der Waals surface area contributed by atoms with E-state index in [0.29, 0.717) is 35.5 Å². The van der Waals surface area contributed by atoms with Gasteiger partial charge in [-0.2, -0.15) is 0 Å². The Morgan fingerprint density at radius 1 is 1.16 bits per heavy atom. The second-order valence-electron chi connectivity index (χ2n) is 7.88. The van der Waals surface area contributed by atoms with Crippen LogP contribution in [0.4, 0.5) is 16.0 Å². The SMILES string of the molecule is Nc1cccc(C23CN(c4ncc(F)cn4)CC2CSC(NC(=O)c2ccccc2)=N3)c1. The number of carbonyl (C=O) groups excluding carboxylic acids is 1. The molecule has 2 aliphatic heterocycles. The molecular weight excluding hydrogens is 427 g/mol. The van der Waals surface area contributed by atoms with E-state index in [9.17, 15) is 9.18 Å². The first-order valence-corrected chi connectivity index (χ1v) is 11.2. The van der Waals surface area contributed by atoms with E-state index in [1.807, 2.05) is 47.4 Å². The molecule has 2 unspecified atom stereocenters. The van der Waals surface area contributed by atoms with Gasteiger partial charge in [0.25, 0.3) is 5.91 Å². The predicted molar refractivity (Wildman–Crippen MR) is 124 cm³/mol. The Kier molecular flexibility index (Phi) is 5.26. The monoisotopic (exact) mass is 448 g/mol. The molecule has 0 saturated carbocycles. The number of fused-ring (bicyclic) bond motifs is 1. The van der Waals surface area contributed by atoms with Gasteiger partial charge >= 0.3 is 0 Å². The lowest BCUT2D eigenvalue weighted by Gasteiger charge is -2.35. The molecule has 2 aromatic carbocycles. The number of halogens is 1. The molecule has 162 valence electrons. The minimum absolute atomic E-state index is 0.139. The molecule has 9 heteroatoms. The quantitative estimate of drug-likeness (QED) is 0.598. The lowest BCUT2D eigenvalue weighted by Crippen LogP contribution is -2.42. The summed E-state index contributed by atoms with van der Waals surface area (Å²) in [6.45, 7) is 1.16. The van der Waals surface area contributed by atoms with Crippen molar-refractivity contribution < 1.29 is 9.18 Å². The van der Waals surface area contributed by atoms with Crippen molar-refractivity contribution in [2.75, 3.05) is 29.5 Å². The number of rotatable bonds is 3. The number of anilines is 2. The van der Waals surface area contributed by atoms with Crippen molar-refractivity contribution >= 4 is 34.5 Å². The van der Waals surface area contributed by atoms with Gasteiger partial charge in [-0.25, -0.2) is 19.4 Å². The molecule has 1 amide bonds. The van der Waals surface area contributed by atoms with Crippen LogP contribution in [0.15, 0.2) is 72.0 Å². The fraction of sp³-hybridized carbons (Fsp3) is 0.217. The molecule has 2 aliphatic rings. The van der Waals surface area contributed by atoms with Crippen LogP contribution < -0.4 is 16.0 Å². The molecule has 1 fully saturated rings. The van der Waals surface area contributed by atoms with E-state index in [2.05, 4.69) is 15.3 Å². The van der Waals surface area contributed by atoms with E-state index in [4.69, 9.17) is 10.7 Å². The van der Waals surface area contributed by atoms with Gasteiger partial charge < -0.3 is 16.0 Å². The number of aromatic nitrogens is 2. The molecular formula is C23H21FN6OS. The highest BCUT2D eigenvalue weighted by atomic mass is 32.2. The van der Waals surface area contributed by atoms with Crippen molar-refractivity contribution in [3.63, 3.8) is 0 Å². The molecule has 3 N–H and O–H groups in total. The van der Waals surface area contributed by atoms with Crippen molar-refractivity contribution in [1.29, 1.82) is 0 Å². The second-order valence-corrected chi connectivity index (χ2v) is 8.89. The zero-order chi connectivity index (χ0) is 22.1. The number of thioether (sulfide) groups is 1. The largest absolute Gasteiger partial charge is 0.399 e. The number of nitrogens with one attached hydrogen (secondary N) is 1. The Balaban J connectivity index is 1.51. The van der Waals surface area contributed by atoms with E-state index < -0.39 is 11.4 Å². The van der Waals surface area contributed by atoms with Gasteiger partial charge in [0.15, 0.2) is 11.0 Å². The molecule has 5 rings (SSSR count). The summed E-state index contributed by atoms with van der Waals surface area (Å²) < 4.78 is 13.3. The smallest absolute Gasteiger partial charge is 0.257 e. The Bertz CT molecular complexity index is 1170. The minimum atomic E-state index is -0.627. The van der Waals surface area contributed by atoms with E-state index in [-0.39, 0.29) is 11.8 Å². The molecule has 0 bridgehead atoms. The van der Waals surface area contributed by atoms with Crippen LogP contribution in [0.1, 0.15) is 15.9 Å². The zero-order valence-electron chi connectivity index (χ0n) is 17.1. The van der Waals surface area contributed by atoms with E-state index >= 15 is 0 Å². The summed E-state index contributed by atoms with van der Waals surface area (Å²) in [4.78, 5) is 28.1. The second kappa shape index (κ2) is 8.23. The number of amides is 1. The van der Waals surface area contributed by atoms with Crippen LogP contribution in [0.3, 0.4) is 0 Å². The minimum Gasteiger partial charge on any atom is -0.399 e. The standard InChI is InChI=1S/C23H21FN6OS/c24-18-10-26-21(27-11-18)30-12-17-13-32-22(28-20(31)15-5-2-1-3-6-15)29-23(17,14-30)16-7-4-8-19(25)9-16/h1-11,17H,12-14,25H2,(H,28,29,31). The summed E-state index contributed by atoms with van der Waals surface area (Å²) in [6.07, 6.45) is 2.34. The van der Waals surface area contributed by atoms with Crippen LogP contribution >= 0.6 is 11.8 Å². The third-order valence-electron chi connectivity index (χ3n) is 5.80. The number of nitrogen functional groups attached to an aromatic ring is 1. The Morgan fingerprint density at radius 3 is 2.69 bits per heavy atom. The van der Waals surface area contributed by atoms with Crippen LogP contribution in [-0.4, -0.2) is 39.9 Å². The first-order valence-electron chi connectivity index (χ1n) is 10.2. The van der Waals surface area contributed by atoms with Crippen LogP contribution in [-0.2, 0) is 5.54 Å². The highest BCUT2D eigenvalue weighted by Gasteiger charge is 2.51. The Hall–Kier alpha value is -3.46. The van der Waals surface area contributed by atoms with Gasteiger partial charge in [0.05, 0.1) is 18.9 Å². The number of carbonyl (C=O) groups is 1. The third-order valence-corrected chi connectivity index (χ3v) is 6.84. The molecule has 0 spiro atoms. The van der Waals surface area contributed by atoms with E-state index in [1.54, 1.807) is 12.1 Å². The fourth-order valence-electron chi connectivity index (χ4n) is 4.26. The van der Waals surface area contributed by atoms with Crippen molar-refractivity contribution in [3.05, 3.63) is 83.9 Å². The number of hydrogen-bond acceptors (Lipinski definition) is 7. The maximum absolute atomic E-state index is 13.3. The number of benzene rings is 2. The lowest BCUT2D eigenvalue weighted by molar-refractivity contribution is 0.0977. The highest BCUT2D eigenvalue weighted by Crippen LogP contribution is 2.46. The number of hydrogen-bond donors (Lipinski definition) is 2. The molecule has 1 aromatic heterocycles. The first kappa shape index (κ1) is 20.4. The highest BCUT2D eigenvalue weighted by molar-refractivity contribution is 8.13. The topological polar surface area (TPSA) is 96.5 Å². The van der Waals surface area contributed by atoms with Crippen LogP contribution in [0.25, 0.3) is 0 Å². The summed E-state index contributed by atoms with van der Waals surface area (Å²) in [5.41, 5.74) is 7.66. The normalized spacial score (nSPS) is 22.2. The molecule has 3 heterocycles. The Morgan fingerprint density at radius 2 is 1.94 bits per heavy atom. The molecule has 1 saturated heterocycles. The van der Waals surface area contributed by atoms with Gasteiger partial charge in [0, 0.05) is 29.5 Å². The van der Waals surface area contributed by atoms with Crippen LogP contribution in [0.5, 0.6) is 0 Å². The van der Waals surface area contributed by atoms with Crippen molar-refractivity contribution in [2.24, 2.45) is 10.9 Å². The maximum Gasteiger partial charge on any atom is 0.257 e. The van der Waals surface area contributed by atoms with Gasteiger partial charge in [-0.15, -0.1) is 0 Å². The van der Waals surface area contributed by atoms with Gasteiger partial charge in [-0.1, -0.05) is 42.1 Å². The molecule has 2 atom stereocenters. The molecule has 32 heavy (non-hydrogen) atoms. The van der Waals surface area contributed by atoms with Crippen molar-refractivity contribution in [3.8, 4) is 0 Å². The van der Waals surface area contributed by atoms with Gasteiger partial charge in [-0.3, -0.25) is 4.79 Å². The van der Waals surface area contributed by atoms with Crippen LogP contribution in [0.2, 0.25) is 0 Å². The predicted octanol–water partition coefficient (Wildman–Crippen LogP) is 3.06. The molecule has 0 radical (unpaired) electrons. The van der Waals surface area contributed by atoms with E-state index in [1.165, 1.54) is 24.2 Å². The summed E-state index contributed by atoms with van der Waals surface area (Å²) >= 11 is 1.52.